The number of hydrogen-bond donors (Lipinski definition) is 1. The topological polar surface area (TPSA) is 42.0 Å². The summed E-state index contributed by atoms with van der Waals surface area (Å²) in [7, 11) is 0. The second kappa shape index (κ2) is 4.09. The van der Waals surface area contributed by atoms with Crippen LogP contribution in [-0.4, -0.2) is 16.4 Å². The Hall–Kier alpha value is -0.900. The molecule has 1 aromatic rings. The van der Waals surface area contributed by atoms with E-state index in [4.69, 9.17) is 1.37 Å². The zero-order valence-electron chi connectivity index (χ0n) is 9.39. The molecule has 4 heteroatoms. The van der Waals surface area contributed by atoms with Crippen molar-refractivity contribution in [2.24, 2.45) is 0 Å². The van der Waals surface area contributed by atoms with Crippen molar-refractivity contribution in [2.45, 2.75) is 26.3 Å². The minimum Gasteiger partial charge on any atom is -0.347 e. The molecule has 3 nitrogen and oxygen atoms in total. The fraction of sp³-hybridized carbons (Fsp3) is 0.400. The lowest BCUT2D eigenvalue weighted by Crippen LogP contribution is -2.40. The summed E-state index contributed by atoms with van der Waals surface area (Å²) in [6, 6.07) is 0.159. The summed E-state index contributed by atoms with van der Waals surface area (Å²) in [5.41, 5.74) is -0.0365. The molecular formula is C10H13BrN2O. The molecule has 1 rings (SSSR count). The van der Waals surface area contributed by atoms with Crippen molar-refractivity contribution >= 4 is 21.8 Å². The van der Waals surface area contributed by atoms with E-state index in [9.17, 15) is 4.79 Å². The first-order chi connectivity index (χ1) is 6.81. The van der Waals surface area contributed by atoms with E-state index in [0.717, 1.165) is 0 Å². The maximum absolute atomic E-state index is 11.7. The van der Waals surface area contributed by atoms with Gasteiger partial charge in [0.05, 0.1) is 6.93 Å². The van der Waals surface area contributed by atoms with Gasteiger partial charge in [-0.1, -0.05) is 0 Å². The van der Waals surface area contributed by atoms with Gasteiger partial charge in [0.15, 0.2) is 0 Å². The second-order valence-electron chi connectivity index (χ2n) is 4.00. The Kier molecular flexibility index (Phi) is 2.82. The van der Waals surface area contributed by atoms with Crippen molar-refractivity contribution in [3.8, 4) is 0 Å². The molecule has 14 heavy (non-hydrogen) atoms. The van der Waals surface area contributed by atoms with Gasteiger partial charge in [-0.15, -0.1) is 0 Å². The maximum atomic E-state index is 11.7. The molecule has 0 aliphatic heterocycles. The van der Waals surface area contributed by atoms with E-state index < -0.39 is 0 Å². The van der Waals surface area contributed by atoms with Crippen LogP contribution in [0.5, 0.6) is 0 Å². The van der Waals surface area contributed by atoms with Gasteiger partial charge >= 0.3 is 0 Å². The fourth-order valence-electron chi connectivity index (χ4n) is 0.894. The van der Waals surface area contributed by atoms with Crippen LogP contribution in [0.1, 0.15) is 32.5 Å². The predicted octanol–water partition coefficient (Wildman–Crippen LogP) is 2.37. The van der Waals surface area contributed by atoms with Gasteiger partial charge in [0, 0.05) is 22.4 Å². The number of nitrogens with zero attached hydrogens (tertiary/aromatic N) is 1. The van der Waals surface area contributed by atoms with Crippen LogP contribution in [0.3, 0.4) is 0 Å². The van der Waals surface area contributed by atoms with Crippen molar-refractivity contribution in [1.82, 2.24) is 10.3 Å². The monoisotopic (exact) mass is 257 g/mol. The number of pyridine rings is 1. The Bertz CT molecular complexity index is 387. The van der Waals surface area contributed by atoms with Gasteiger partial charge in [0.2, 0.25) is 0 Å². The standard InChI is InChI=1S/C10H13BrN2O/c1-10(2,3)13-9(14)7-4-8(11)6-12-5-7/h4-6H,1-3H3,(H,13,14)/i4D. The molecule has 1 N–H and O–H groups in total. The smallest absolute Gasteiger partial charge is 0.253 e. The Morgan fingerprint density at radius 1 is 1.57 bits per heavy atom. The van der Waals surface area contributed by atoms with Crippen LogP contribution >= 0.6 is 15.9 Å². The van der Waals surface area contributed by atoms with Gasteiger partial charge in [0.25, 0.3) is 5.91 Å². The van der Waals surface area contributed by atoms with Gasteiger partial charge in [0.1, 0.15) is 0 Å². The summed E-state index contributed by atoms with van der Waals surface area (Å²) in [5, 5.41) is 2.78. The van der Waals surface area contributed by atoms with E-state index >= 15 is 0 Å². The highest BCUT2D eigenvalue weighted by molar-refractivity contribution is 9.10. The molecule has 0 fully saturated rings. The largest absolute Gasteiger partial charge is 0.347 e. The fourth-order valence-corrected chi connectivity index (χ4v) is 1.23. The minimum absolute atomic E-state index is 0.159. The highest BCUT2D eigenvalue weighted by Crippen LogP contribution is 2.10. The van der Waals surface area contributed by atoms with Crippen LogP contribution in [0.2, 0.25) is 0 Å². The zero-order valence-corrected chi connectivity index (χ0v) is 9.97. The third kappa shape index (κ3) is 3.46. The molecule has 0 radical (unpaired) electrons. The third-order valence-electron chi connectivity index (χ3n) is 1.38. The summed E-state index contributed by atoms with van der Waals surface area (Å²) in [5.74, 6) is -0.277. The van der Waals surface area contributed by atoms with Gasteiger partial charge < -0.3 is 5.32 Å². The first kappa shape index (κ1) is 9.65. The van der Waals surface area contributed by atoms with Gasteiger partial charge in [-0.3, -0.25) is 9.78 Å². The summed E-state index contributed by atoms with van der Waals surface area (Å²) < 4.78 is 8.20. The summed E-state index contributed by atoms with van der Waals surface area (Å²) in [6.45, 7) is 5.67. The van der Waals surface area contributed by atoms with E-state index in [1.54, 1.807) is 0 Å². The molecule has 0 bridgehead atoms. The van der Waals surface area contributed by atoms with Gasteiger partial charge in [-0.25, -0.2) is 0 Å². The number of carbonyl (C=O) groups excluding carboxylic acids is 1. The molecular weight excluding hydrogens is 244 g/mol. The Morgan fingerprint density at radius 3 is 2.79 bits per heavy atom. The molecule has 0 atom stereocenters. The Balaban J connectivity index is 2.97. The molecule has 1 amide bonds. The summed E-state index contributed by atoms with van der Waals surface area (Å²) in [4.78, 5) is 15.6. The normalized spacial score (nSPS) is 12.1. The van der Waals surface area contributed by atoms with Crippen LogP contribution < -0.4 is 5.32 Å². The average molecular weight is 258 g/mol. The molecule has 0 spiro atoms. The van der Waals surface area contributed by atoms with E-state index in [0.29, 0.717) is 4.47 Å². The highest BCUT2D eigenvalue weighted by Gasteiger charge is 2.15. The van der Waals surface area contributed by atoms with E-state index in [-0.39, 0.29) is 23.1 Å². The van der Waals surface area contributed by atoms with Crippen molar-refractivity contribution in [3.63, 3.8) is 0 Å². The van der Waals surface area contributed by atoms with Gasteiger partial charge in [-0.2, -0.15) is 0 Å². The van der Waals surface area contributed by atoms with Crippen LogP contribution in [0.4, 0.5) is 0 Å². The molecule has 1 aromatic heterocycles. The van der Waals surface area contributed by atoms with Crippen molar-refractivity contribution < 1.29 is 6.17 Å². The molecule has 0 aromatic carbocycles. The number of amides is 1. The molecule has 0 saturated carbocycles. The predicted molar refractivity (Wildman–Crippen MR) is 59.2 cm³/mol. The first-order valence-corrected chi connectivity index (χ1v) is 5.03. The van der Waals surface area contributed by atoms with Gasteiger partial charge in [-0.05, 0) is 42.7 Å². The first-order valence-electron chi connectivity index (χ1n) is 4.74. The average Bonchev–Trinajstić information content (AvgIpc) is 2.06. The number of aromatic nitrogens is 1. The molecule has 76 valence electrons. The number of halogens is 1. The van der Waals surface area contributed by atoms with E-state index in [1.807, 2.05) is 20.8 Å². The lowest BCUT2D eigenvalue weighted by Gasteiger charge is -2.20. The molecule has 0 aliphatic rings. The summed E-state index contributed by atoms with van der Waals surface area (Å²) >= 11 is 3.16. The van der Waals surface area contributed by atoms with Crippen LogP contribution in [0.25, 0.3) is 0 Å². The number of nitrogens with one attached hydrogen (secondary N) is 1. The third-order valence-corrected chi connectivity index (χ3v) is 1.78. The van der Waals surface area contributed by atoms with Crippen molar-refractivity contribution in [3.05, 3.63) is 28.5 Å². The lowest BCUT2D eigenvalue weighted by atomic mass is 10.1. The van der Waals surface area contributed by atoms with Crippen LogP contribution in [0, 0.1) is 0 Å². The highest BCUT2D eigenvalue weighted by atomic mass is 79.9. The van der Waals surface area contributed by atoms with Crippen LogP contribution in [-0.2, 0) is 0 Å². The lowest BCUT2D eigenvalue weighted by molar-refractivity contribution is 0.0919. The Morgan fingerprint density at radius 2 is 2.21 bits per heavy atom. The number of rotatable bonds is 1. The molecule has 1 heterocycles. The van der Waals surface area contributed by atoms with E-state index in [2.05, 4.69) is 26.2 Å². The SMILES string of the molecule is [2H]c1c(Br)cncc1C(=O)NC(C)(C)C. The number of carbonyl (C=O) groups is 1. The van der Waals surface area contributed by atoms with E-state index in [1.165, 1.54) is 12.4 Å². The summed E-state index contributed by atoms with van der Waals surface area (Å²) in [6.07, 6.45) is 2.89. The zero-order chi connectivity index (χ0) is 11.6. The number of hydrogen-bond acceptors (Lipinski definition) is 2. The second-order valence-corrected chi connectivity index (χ2v) is 4.85. The Labute approximate surface area is 93.5 Å². The molecule has 0 saturated heterocycles. The van der Waals surface area contributed by atoms with Crippen LogP contribution in [0.15, 0.2) is 22.9 Å². The quantitative estimate of drug-likeness (QED) is 0.840. The van der Waals surface area contributed by atoms with Crippen molar-refractivity contribution in [1.29, 1.82) is 0 Å². The molecule has 0 aliphatic carbocycles. The minimum atomic E-state index is -0.314. The van der Waals surface area contributed by atoms with Crippen molar-refractivity contribution in [2.75, 3.05) is 0 Å². The molecule has 0 unspecified atom stereocenters. The maximum Gasteiger partial charge on any atom is 0.253 e.